The van der Waals surface area contributed by atoms with Gasteiger partial charge in [0.05, 0.1) is 0 Å². The highest BCUT2D eigenvalue weighted by molar-refractivity contribution is 7.75. The lowest BCUT2D eigenvalue weighted by Crippen LogP contribution is -1.99. The molecule has 0 aliphatic heterocycles. The Morgan fingerprint density at radius 1 is 1.57 bits per heavy atom. The number of hydrogen-bond acceptors (Lipinski definition) is 3. The van der Waals surface area contributed by atoms with Gasteiger partial charge in [-0.3, -0.25) is 4.79 Å². The Bertz CT molecular complexity index is 121. The van der Waals surface area contributed by atoms with Gasteiger partial charge in [-0.25, -0.2) is 8.42 Å². The van der Waals surface area contributed by atoms with Crippen molar-refractivity contribution in [2.45, 2.75) is 4.71 Å². The van der Waals surface area contributed by atoms with Crippen LogP contribution in [-0.2, 0) is 15.5 Å². The number of alkyl halides is 1. The van der Waals surface area contributed by atoms with Crippen molar-refractivity contribution in [1.82, 2.24) is 0 Å². The highest BCUT2D eigenvalue weighted by atomic mass is 35.5. The van der Waals surface area contributed by atoms with Gasteiger partial charge < -0.3 is 0 Å². The van der Waals surface area contributed by atoms with Gasteiger partial charge in [0.2, 0.25) is 6.29 Å². The van der Waals surface area contributed by atoms with E-state index in [2.05, 4.69) is 0 Å². The van der Waals surface area contributed by atoms with Crippen molar-refractivity contribution in [3.63, 3.8) is 0 Å². The molecule has 0 saturated carbocycles. The standard InChI is InChI=1S/C2H2ClO3S/c3-2(1-4)7(5)6/h2,7H. The molecule has 1 radical (unpaired) electrons. The summed E-state index contributed by atoms with van der Waals surface area (Å²) in [7, 11) is -2.82. The molecule has 0 N–H and O–H groups in total. The van der Waals surface area contributed by atoms with E-state index in [0.29, 0.717) is 0 Å². The summed E-state index contributed by atoms with van der Waals surface area (Å²) in [5.74, 6) is 0. The van der Waals surface area contributed by atoms with Gasteiger partial charge in [-0.05, 0) is 0 Å². The largest absolute Gasteiger partial charge is 0.288 e. The van der Waals surface area contributed by atoms with Crippen molar-refractivity contribution in [3.05, 3.63) is 0 Å². The van der Waals surface area contributed by atoms with Crippen LogP contribution in [0, 0.1) is 0 Å². The van der Waals surface area contributed by atoms with Gasteiger partial charge in [0.25, 0.3) is 0 Å². The maximum Gasteiger partial charge on any atom is 0.233 e. The molecule has 0 saturated heterocycles. The molecular weight excluding hydrogens is 140 g/mol. The lowest BCUT2D eigenvalue weighted by molar-refractivity contribution is 0.556. The number of hydrogen-bond donors (Lipinski definition) is 1. The summed E-state index contributed by atoms with van der Waals surface area (Å²) in [6.45, 7) is 0. The van der Waals surface area contributed by atoms with E-state index in [4.69, 9.17) is 11.6 Å². The van der Waals surface area contributed by atoms with Crippen molar-refractivity contribution in [3.8, 4) is 0 Å². The Labute approximate surface area is 47.2 Å². The quantitative estimate of drug-likeness (QED) is 0.408. The summed E-state index contributed by atoms with van der Waals surface area (Å²) in [5, 5.41) is 0. The van der Waals surface area contributed by atoms with Crippen LogP contribution in [0.4, 0.5) is 0 Å². The Balaban J connectivity index is 3.80. The molecule has 0 spiro atoms. The Morgan fingerprint density at radius 2 is 2.00 bits per heavy atom. The minimum Gasteiger partial charge on any atom is -0.288 e. The molecule has 41 valence electrons. The Morgan fingerprint density at radius 3 is 2.00 bits per heavy atom. The molecule has 0 bridgehead atoms. The van der Waals surface area contributed by atoms with Crippen LogP contribution in [0.3, 0.4) is 0 Å². The fourth-order valence-corrected chi connectivity index (χ4v) is 0.129. The average molecular weight is 142 g/mol. The van der Waals surface area contributed by atoms with E-state index in [-0.39, 0.29) is 0 Å². The second-order valence-corrected chi connectivity index (χ2v) is 2.57. The third-order valence-electron chi connectivity index (χ3n) is 0.282. The molecule has 3 nitrogen and oxygen atoms in total. The van der Waals surface area contributed by atoms with Crippen LogP contribution in [0.15, 0.2) is 0 Å². The van der Waals surface area contributed by atoms with Gasteiger partial charge in [0.1, 0.15) is 0 Å². The van der Waals surface area contributed by atoms with Crippen LogP contribution in [0.25, 0.3) is 0 Å². The summed E-state index contributed by atoms with van der Waals surface area (Å²) in [5.41, 5.74) is 0. The Hall–Kier alpha value is -0.0900. The molecule has 0 fully saturated rings. The maximum absolute atomic E-state index is 9.57. The first-order chi connectivity index (χ1) is 3.18. The first-order valence-corrected chi connectivity index (χ1v) is 3.02. The summed E-state index contributed by atoms with van der Waals surface area (Å²) in [4.78, 5) is 9.31. The average Bonchev–Trinajstić information content (AvgIpc) is 1.65. The summed E-state index contributed by atoms with van der Waals surface area (Å²) >= 11 is 4.78. The molecule has 5 heteroatoms. The van der Waals surface area contributed by atoms with E-state index in [1.807, 2.05) is 0 Å². The molecule has 0 aliphatic carbocycles. The van der Waals surface area contributed by atoms with E-state index < -0.39 is 15.4 Å². The van der Waals surface area contributed by atoms with E-state index >= 15 is 0 Å². The van der Waals surface area contributed by atoms with Crippen molar-refractivity contribution < 1.29 is 13.2 Å². The first-order valence-electron chi connectivity index (χ1n) is 1.33. The molecule has 0 rings (SSSR count). The molecule has 0 aromatic carbocycles. The fourth-order valence-electron chi connectivity index (χ4n) is 0.0430. The maximum atomic E-state index is 9.57. The molecule has 0 aromatic rings. The minimum atomic E-state index is -2.82. The molecule has 1 atom stereocenters. The second kappa shape index (κ2) is 2.98. The third-order valence-corrected chi connectivity index (χ3v) is 1.33. The zero-order chi connectivity index (χ0) is 5.86. The summed E-state index contributed by atoms with van der Waals surface area (Å²) in [6.07, 6.45) is 1.08. The van der Waals surface area contributed by atoms with Crippen LogP contribution < -0.4 is 0 Å². The summed E-state index contributed by atoms with van der Waals surface area (Å²) < 4.78 is 17.7. The summed E-state index contributed by atoms with van der Waals surface area (Å²) in [6, 6.07) is 0. The van der Waals surface area contributed by atoms with Gasteiger partial charge in [-0.1, -0.05) is 11.6 Å². The number of thiol groups is 1. The molecule has 0 aliphatic rings. The van der Waals surface area contributed by atoms with Crippen molar-refractivity contribution in [1.29, 1.82) is 0 Å². The van der Waals surface area contributed by atoms with Crippen LogP contribution in [0.2, 0.25) is 0 Å². The Kier molecular flexibility index (Phi) is 2.95. The molecule has 0 amide bonds. The molecule has 0 heterocycles. The molecular formula is C2H2ClO3S. The van der Waals surface area contributed by atoms with Gasteiger partial charge in [0, 0.05) is 0 Å². The lowest BCUT2D eigenvalue weighted by Gasteiger charge is -1.77. The van der Waals surface area contributed by atoms with Crippen LogP contribution in [-0.4, -0.2) is 19.4 Å². The van der Waals surface area contributed by atoms with Crippen LogP contribution >= 0.6 is 11.6 Å². The van der Waals surface area contributed by atoms with E-state index in [9.17, 15) is 13.2 Å². The third kappa shape index (κ3) is 2.59. The zero-order valence-corrected chi connectivity index (χ0v) is 4.78. The lowest BCUT2D eigenvalue weighted by atomic mass is 10.9. The van der Waals surface area contributed by atoms with Crippen molar-refractivity contribution in [2.24, 2.45) is 0 Å². The van der Waals surface area contributed by atoms with E-state index in [1.54, 1.807) is 0 Å². The first kappa shape index (κ1) is 6.91. The van der Waals surface area contributed by atoms with Gasteiger partial charge >= 0.3 is 0 Å². The van der Waals surface area contributed by atoms with Gasteiger partial charge in [-0.15, -0.1) is 0 Å². The van der Waals surface area contributed by atoms with E-state index in [0.717, 1.165) is 6.29 Å². The molecule has 0 aromatic heterocycles. The minimum absolute atomic E-state index is 1.08. The fraction of sp³-hybridized carbons (Fsp3) is 0.500. The van der Waals surface area contributed by atoms with Crippen LogP contribution in [0.5, 0.6) is 0 Å². The monoisotopic (exact) mass is 141 g/mol. The number of halogens is 1. The van der Waals surface area contributed by atoms with Crippen LogP contribution in [0.1, 0.15) is 0 Å². The normalized spacial score (nSPS) is 14.0. The molecule has 7 heavy (non-hydrogen) atoms. The number of carbonyl (C=O) groups excluding carboxylic acids is 1. The van der Waals surface area contributed by atoms with Gasteiger partial charge in [-0.2, -0.15) is 0 Å². The van der Waals surface area contributed by atoms with Crippen molar-refractivity contribution in [2.75, 3.05) is 0 Å². The number of rotatable bonds is 2. The van der Waals surface area contributed by atoms with Crippen molar-refractivity contribution >= 4 is 28.6 Å². The second-order valence-electron chi connectivity index (χ2n) is 0.739. The van der Waals surface area contributed by atoms with E-state index in [1.165, 1.54) is 0 Å². The SMILES string of the molecule is O=[C]C(Cl)[SH](=O)=O. The highest BCUT2D eigenvalue weighted by Crippen LogP contribution is 1.87. The predicted molar refractivity (Wildman–Crippen MR) is 25.6 cm³/mol. The predicted octanol–water partition coefficient (Wildman–Crippen LogP) is -0.728. The highest BCUT2D eigenvalue weighted by Gasteiger charge is 2.02. The topological polar surface area (TPSA) is 51.2 Å². The molecule has 1 unspecified atom stereocenters. The zero-order valence-electron chi connectivity index (χ0n) is 3.13. The smallest absolute Gasteiger partial charge is 0.233 e. The van der Waals surface area contributed by atoms with Gasteiger partial charge in [0.15, 0.2) is 15.4 Å².